The van der Waals surface area contributed by atoms with Gasteiger partial charge in [-0.15, -0.1) is 0 Å². The van der Waals surface area contributed by atoms with E-state index in [1.54, 1.807) is 9.12 Å². The predicted octanol–water partition coefficient (Wildman–Crippen LogP) is 8.84. The first kappa shape index (κ1) is 30.5. The van der Waals surface area contributed by atoms with E-state index >= 15 is 0 Å². The molecule has 0 aliphatic heterocycles. The Morgan fingerprint density at radius 1 is 0.882 bits per heavy atom. The summed E-state index contributed by atoms with van der Waals surface area (Å²) in [6, 6.07) is 4.13. The standard InChI is InChI=1S/C29H46O3.HOP/c1-6-7-8-9-10-11-12-14-17-28(5,27(31)32)29(18-15-13-16-19-29)26(30)25-23(3)20-22(2)21-24(25)4;1-2/h20-21H,6-19H2,1-5H3,(H,31,32);2H. The average molecular weight is 491 g/mol. The summed E-state index contributed by atoms with van der Waals surface area (Å²) in [4.78, 5) is 27.0. The summed E-state index contributed by atoms with van der Waals surface area (Å²) in [5.74, 6) is -0.713. The number of carboxylic acid groups (broad SMARTS) is 1. The van der Waals surface area contributed by atoms with Gasteiger partial charge in [-0.2, -0.15) is 0 Å². The molecule has 1 unspecified atom stereocenters. The van der Waals surface area contributed by atoms with E-state index in [1.807, 2.05) is 27.7 Å². The fourth-order valence-electron chi connectivity index (χ4n) is 6.13. The monoisotopic (exact) mass is 490 g/mol. The van der Waals surface area contributed by atoms with Crippen LogP contribution in [0.4, 0.5) is 0 Å². The number of carbonyl (C=O) groups is 2. The SMILES string of the molecule is CCCCCCCCCCC(C)(C(=O)O)C1(C(=O)c2c(C)cc(C)cc2C)CCCCC1.O=P. The average Bonchev–Trinajstić information content (AvgIpc) is 2.81. The molecule has 0 bridgehead atoms. The molecule has 1 fully saturated rings. The van der Waals surface area contributed by atoms with Crippen molar-refractivity contribution in [3.63, 3.8) is 0 Å². The molecule has 0 spiro atoms. The molecular formula is C29H47O4P. The molecular weight excluding hydrogens is 443 g/mol. The molecule has 1 aliphatic rings. The lowest BCUT2D eigenvalue weighted by molar-refractivity contribution is -0.157. The molecule has 0 heterocycles. The molecule has 192 valence electrons. The van der Waals surface area contributed by atoms with Crippen molar-refractivity contribution >= 4 is 20.9 Å². The second-order valence-electron chi connectivity index (χ2n) is 10.6. The van der Waals surface area contributed by atoms with E-state index in [4.69, 9.17) is 4.57 Å². The van der Waals surface area contributed by atoms with E-state index in [1.165, 1.54) is 32.1 Å². The van der Waals surface area contributed by atoms with Crippen LogP contribution in [0.15, 0.2) is 12.1 Å². The summed E-state index contributed by atoms with van der Waals surface area (Å²) < 4.78 is 8.06. The van der Waals surface area contributed by atoms with Crippen LogP contribution in [0.25, 0.3) is 0 Å². The summed E-state index contributed by atoms with van der Waals surface area (Å²) in [5.41, 5.74) is 2.06. The minimum absolute atomic E-state index is 0.0802. The summed E-state index contributed by atoms with van der Waals surface area (Å²) in [6.07, 6.45) is 14.4. The van der Waals surface area contributed by atoms with Crippen LogP contribution in [-0.4, -0.2) is 16.9 Å². The molecule has 1 aromatic rings. The van der Waals surface area contributed by atoms with Crippen molar-refractivity contribution in [2.75, 3.05) is 0 Å². The van der Waals surface area contributed by atoms with Gasteiger partial charge in [0.05, 0.1) is 5.41 Å². The first-order valence-electron chi connectivity index (χ1n) is 13.3. The zero-order valence-corrected chi connectivity index (χ0v) is 23.2. The highest BCUT2D eigenvalue weighted by Gasteiger charge is 2.57. The number of Topliss-reactive ketones (excluding diaryl/α,β-unsaturated/α-hetero) is 1. The van der Waals surface area contributed by atoms with Crippen molar-refractivity contribution in [1.82, 2.24) is 0 Å². The zero-order chi connectivity index (χ0) is 25.8. The van der Waals surface area contributed by atoms with E-state index in [0.717, 1.165) is 60.8 Å². The van der Waals surface area contributed by atoms with Gasteiger partial charge < -0.3 is 5.11 Å². The van der Waals surface area contributed by atoms with Crippen LogP contribution in [0.1, 0.15) is 131 Å². The van der Waals surface area contributed by atoms with Gasteiger partial charge in [0.15, 0.2) is 5.78 Å². The number of unbranched alkanes of at least 4 members (excludes halogenated alkanes) is 7. The number of carboxylic acids is 1. The quantitative estimate of drug-likeness (QED) is 0.170. The smallest absolute Gasteiger partial charge is 0.310 e. The molecule has 34 heavy (non-hydrogen) atoms. The van der Waals surface area contributed by atoms with Gasteiger partial charge >= 0.3 is 5.97 Å². The van der Waals surface area contributed by atoms with Crippen molar-refractivity contribution in [2.45, 2.75) is 125 Å². The van der Waals surface area contributed by atoms with Crippen LogP contribution in [0.3, 0.4) is 0 Å². The lowest BCUT2D eigenvalue weighted by Gasteiger charge is -2.48. The molecule has 0 aromatic heterocycles. The van der Waals surface area contributed by atoms with Crippen LogP contribution in [0.5, 0.6) is 0 Å². The fourth-order valence-corrected chi connectivity index (χ4v) is 6.13. The second kappa shape index (κ2) is 14.8. The van der Waals surface area contributed by atoms with Crippen molar-refractivity contribution in [2.24, 2.45) is 10.8 Å². The fraction of sp³-hybridized carbons (Fsp3) is 0.724. The van der Waals surface area contributed by atoms with E-state index in [0.29, 0.717) is 19.3 Å². The minimum atomic E-state index is -1.02. The molecule has 1 aliphatic carbocycles. The van der Waals surface area contributed by atoms with Gasteiger partial charge in [-0.3, -0.25) is 14.2 Å². The van der Waals surface area contributed by atoms with Crippen LogP contribution >= 0.6 is 9.12 Å². The third kappa shape index (κ3) is 7.23. The van der Waals surface area contributed by atoms with Crippen LogP contribution in [-0.2, 0) is 9.36 Å². The number of hydrogen-bond acceptors (Lipinski definition) is 3. The van der Waals surface area contributed by atoms with Crippen molar-refractivity contribution in [3.8, 4) is 0 Å². The summed E-state index contributed by atoms with van der Waals surface area (Å²) in [7, 11) is 1.72. The first-order chi connectivity index (χ1) is 16.2. The van der Waals surface area contributed by atoms with Gasteiger partial charge in [0.1, 0.15) is 9.12 Å². The Balaban J connectivity index is 0.00000281. The van der Waals surface area contributed by atoms with Crippen molar-refractivity contribution in [1.29, 1.82) is 0 Å². The third-order valence-electron chi connectivity index (χ3n) is 8.10. The largest absolute Gasteiger partial charge is 0.481 e. The van der Waals surface area contributed by atoms with Gasteiger partial charge in [0, 0.05) is 11.0 Å². The Hall–Kier alpha value is -1.54. The maximum Gasteiger partial charge on any atom is 0.310 e. The lowest BCUT2D eigenvalue weighted by Crippen LogP contribution is -2.52. The first-order valence-corrected chi connectivity index (χ1v) is 13.7. The van der Waals surface area contributed by atoms with E-state index in [9.17, 15) is 14.7 Å². The van der Waals surface area contributed by atoms with E-state index in [2.05, 4.69) is 19.1 Å². The number of carbonyl (C=O) groups excluding carboxylic acids is 1. The van der Waals surface area contributed by atoms with Crippen LogP contribution in [0.2, 0.25) is 0 Å². The third-order valence-corrected chi connectivity index (χ3v) is 8.10. The number of rotatable bonds is 13. The Labute approximate surface area is 209 Å². The summed E-state index contributed by atoms with van der Waals surface area (Å²) in [6.45, 7) is 10.2. The maximum atomic E-state index is 14.2. The molecule has 0 saturated heterocycles. The Bertz CT molecular complexity index is 774. The van der Waals surface area contributed by atoms with Gasteiger partial charge in [-0.25, -0.2) is 0 Å². The molecule has 0 amide bonds. The molecule has 4 nitrogen and oxygen atoms in total. The highest BCUT2D eigenvalue weighted by atomic mass is 31.0. The van der Waals surface area contributed by atoms with Gasteiger partial charge in [-0.1, -0.05) is 95.2 Å². The summed E-state index contributed by atoms with van der Waals surface area (Å²) in [5, 5.41) is 10.5. The maximum absolute atomic E-state index is 14.2. The Morgan fingerprint density at radius 2 is 1.35 bits per heavy atom. The number of aliphatic carboxylic acids is 1. The molecule has 2 rings (SSSR count). The van der Waals surface area contributed by atoms with Crippen LogP contribution < -0.4 is 0 Å². The molecule has 1 aromatic carbocycles. The van der Waals surface area contributed by atoms with E-state index in [-0.39, 0.29) is 5.78 Å². The lowest BCUT2D eigenvalue weighted by atomic mass is 9.53. The van der Waals surface area contributed by atoms with Gasteiger partial charge in [0.2, 0.25) is 0 Å². The zero-order valence-electron chi connectivity index (χ0n) is 22.2. The van der Waals surface area contributed by atoms with Gasteiger partial charge in [-0.05, 0) is 58.1 Å². The highest BCUT2D eigenvalue weighted by Crippen LogP contribution is 2.55. The number of hydrogen-bond donors (Lipinski definition) is 1. The molecule has 1 saturated carbocycles. The Kier molecular flexibility index (Phi) is 13.2. The predicted molar refractivity (Wildman–Crippen MR) is 142 cm³/mol. The molecule has 1 atom stereocenters. The van der Waals surface area contributed by atoms with E-state index < -0.39 is 16.8 Å². The molecule has 5 heteroatoms. The second-order valence-corrected chi connectivity index (χ2v) is 10.6. The molecule has 0 radical (unpaired) electrons. The van der Waals surface area contributed by atoms with Crippen molar-refractivity contribution in [3.05, 3.63) is 34.4 Å². The highest BCUT2D eigenvalue weighted by molar-refractivity contribution is 7.00. The number of aryl methyl sites for hydroxylation is 3. The molecule has 1 N–H and O–H groups in total. The topological polar surface area (TPSA) is 71.4 Å². The normalized spacial score (nSPS) is 16.7. The van der Waals surface area contributed by atoms with Crippen LogP contribution in [0, 0.1) is 31.6 Å². The number of ketones is 1. The van der Waals surface area contributed by atoms with Crippen molar-refractivity contribution < 1.29 is 19.3 Å². The minimum Gasteiger partial charge on any atom is -0.481 e. The number of benzene rings is 1. The summed E-state index contributed by atoms with van der Waals surface area (Å²) >= 11 is 0. The van der Waals surface area contributed by atoms with Gasteiger partial charge in [0.25, 0.3) is 0 Å². The Morgan fingerprint density at radius 3 is 1.82 bits per heavy atom.